The highest BCUT2D eigenvalue weighted by molar-refractivity contribution is 5.60. The van der Waals surface area contributed by atoms with Gasteiger partial charge in [0.15, 0.2) is 0 Å². The van der Waals surface area contributed by atoms with Gasteiger partial charge in [-0.2, -0.15) is 5.26 Å². The van der Waals surface area contributed by atoms with Gasteiger partial charge in [0.1, 0.15) is 5.92 Å². The monoisotopic (exact) mass is 537 g/mol. The Morgan fingerprint density at radius 2 is 1.50 bits per heavy atom. The van der Waals surface area contributed by atoms with E-state index >= 15 is 0 Å². The van der Waals surface area contributed by atoms with E-state index in [0.717, 1.165) is 29.8 Å². The Balaban J connectivity index is 1.74. The summed E-state index contributed by atoms with van der Waals surface area (Å²) in [7, 11) is 0. The van der Waals surface area contributed by atoms with Gasteiger partial charge >= 0.3 is 0 Å². The van der Waals surface area contributed by atoms with Crippen LogP contribution in [0.15, 0.2) is 90.6 Å². The molecule has 0 aromatic heterocycles. The van der Waals surface area contributed by atoms with Gasteiger partial charge in [0, 0.05) is 23.7 Å². The molecule has 2 aromatic rings. The van der Waals surface area contributed by atoms with Crippen molar-refractivity contribution in [1.82, 2.24) is 0 Å². The number of anilines is 1. The van der Waals surface area contributed by atoms with E-state index in [2.05, 4.69) is 36.9 Å². The van der Waals surface area contributed by atoms with Crippen LogP contribution < -0.4 is 4.90 Å². The van der Waals surface area contributed by atoms with Gasteiger partial charge in [-0.15, -0.1) is 0 Å². The minimum atomic E-state index is -1.61. The molecule has 5 nitrogen and oxygen atoms in total. The lowest BCUT2D eigenvalue weighted by Crippen LogP contribution is -2.42. The zero-order valence-corrected chi connectivity index (χ0v) is 24.0. The Morgan fingerprint density at radius 3 is 2.08 bits per heavy atom. The van der Waals surface area contributed by atoms with Crippen molar-refractivity contribution in [3.05, 3.63) is 112 Å². The molecule has 40 heavy (non-hydrogen) atoms. The van der Waals surface area contributed by atoms with Crippen LogP contribution in [0.4, 0.5) is 5.69 Å². The van der Waals surface area contributed by atoms with Crippen LogP contribution >= 0.6 is 0 Å². The lowest BCUT2D eigenvalue weighted by atomic mass is 9.79. The lowest BCUT2D eigenvalue weighted by molar-refractivity contribution is -0.545. The Bertz CT molecular complexity index is 1210. The molecule has 1 aliphatic rings. The summed E-state index contributed by atoms with van der Waals surface area (Å²) >= 11 is 0. The van der Waals surface area contributed by atoms with E-state index in [1.165, 1.54) is 57.1 Å². The van der Waals surface area contributed by atoms with E-state index < -0.39 is 11.5 Å². The van der Waals surface area contributed by atoms with Gasteiger partial charge in [-0.05, 0) is 53.8 Å². The number of rotatable bonds is 16. The van der Waals surface area contributed by atoms with E-state index in [9.17, 15) is 15.4 Å². The molecule has 0 heterocycles. The number of hydrogen-bond acceptors (Lipinski definition) is 4. The van der Waals surface area contributed by atoms with Crippen molar-refractivity contribution in [3.8, 4) is 6.07 Å². The fourth-order valence-electron chi connectivity index (χ4n) is 4.97. The Morgan fingerprint density at radius 1 is 0.875 bits per heavy atom. The van der Waals surface area contributed by atoms with Crippen LogP contribution in [0.2, 0.25) is 0 Å². The third kappa shape index (κ3) is 8.81. The topological polar surface area (TPSA) is 70.2 Å². The molecule has 0 saturated heterocycles. The third-order valence-electron chi connectivity index (χ3n) is 7.49. The van der Waals surface area contributed by atoms with Crippen LogP contribution in [0.3, 0.4) is 0 Å². The van der Waals surface area contributed by atoms with Crippen LogP contribution in [0.25, 0.3) is 12.2 Å². The van der Waals surface area contributed by atoms with Crippen LogP contribution in [0.1, 0.15) is 76.3 Å². The summed E-state index contributed by atoms with van der Waals surface area (Å²) in [5.74, 6) is -0.917. The van der Waals surface area contributed by atoms with Crippen LogP contribution in [0, 0.1) is 27.4 Å². The minimum absolute atomic E-state index is 0.356. The molecular weight excluding hydrogens is 494 g/mol. The minimum Gasteiger partial charge on any atom is -0.372 e. The number of nitro groups is 1. The molecule has 2 unspecified atom stereocenters. The first-order valence-electron chi connectivity index (χ1n) is 14.7. The molecule has 1 aliphatic carbocycles. The second-order valence-corrected chi connectivity index (χ2v) is 10.5. The first-order chi connectivity index (χ1) is 19.5. The third-order valence-corrected chi connectivity index (χ3v) is 7.49. The molecule has 5 heteroatoms. The highest BCUT2D eigenvalue weighted by Crippen LogP contribution is 2.33. The first kappa shape index (κ1) is 30.6. The molecule has 2 aromatic carbocycles. The van der Waals surface area contributed by atoms with Crippen LogP contribution in [-0.2, 0) is 0 Å². The first-order valence-corrected chi connectivity index (χ1v) is 14.7. The average molecular weight is 538 g/mol. The average Bonchev–Trinajstić information content (AvgIpc) is 2.99. The number of hydrogen-bond donors (Lipinski definition) is 0. The van der Waals surface area contributed by atoms with E-state index in [1.807, 2.05) is 54.6 Å². The zero-order valence-electron chi connectivity index (χ0n) is 24.0. The normalized spacial score (nSPS) is 18.6. The van der Waals surface area contributed by atoms with Crippen molar-refractivity contribution in [2.75, 3.05) is 18.0 Å². The summed E-state index contributed by atoms with van der Waals surface area (Å²) in [4.78, 5) is 14.4. The fraction of sp³-hybridized carbons (Fsp3) is 0.400. The molecule has 210 valence electrons. The Kier molecular flexibility index (Phi) is 12.4. The van der Waals surface area contributed by atoms with E-state index in [4.69, 9.17) is 0 Å². The molecule has 0 bridgehead atoms. The maximum Gasteiger partial charge on any atom is 0.278 e. The summed E-state index contributed by atoms with van der Waals surface area (Å²) in [6.45, 7) is 6.57. The number of nitriles is 1. The number of nitrogens with zero attached hydrogens (tertiary/aromatic N) is 3. The van der Waals surface area contributed by atoms with Gasteiger partial charge in [0.25, 0.3) is 5.54 Å². The standard InChI is InChI=1S/C35H43N3O2/c1-3-5-7-12-26-37(27-13-8-6-4-2)34-20-18-31(19-21-34)22-24-35(38(39)40)25-23-32(28-33(35)29-36)17-16-30-14-10-9-11-15-30/h9-11,14-25,28,33H,3-8,12-13,26-27H2,1-2H3. The van der Waals surface area contributed by atoms with Gasteiger partial charge in [-0.3, -0.25) is 10.1 Å². The summed E-state index contributed by atoms with van der Waals surface area (Å²) in [6.07, 6.45) is 22.0. The van der Waals surface area contributed by atoms with Gasteiger partial charge in [-0.1, -0.05) is 125 Å². The quantitative estimate of drug-likeness (QED) is 0.122. The van der Waals surface area contributed by atoms with Gasteiger partial charge in [0.05, 0.1) is 6.07 Å². The Labute approximate surface area is 240 Å². The van der Waals surface area contributed by atoms with Gasteiger partial charge < -0.3 is 4.90 Å². The van der Waals surface area contributed by atoms with E-state index in [0.29, 0.717) is 0 Å². The van der Waals surface area contributed by atoms with Crippen molar-refractivity contribution >= 4 is 17.8 Å². The SMILES string of the molecule is CCCCCCN(CCCCCC)c1ccc(C=CC2([N+](=O)[O-])C=CC(C=Cc3ccccc3)=CC2C#N)cc1. The van der Waals surface area contributed by atoms with Crippen molar-refractivity contribution in [3.63, 3.8) is 0 Å². The highest BCUT2D eigenvalue weighted by Gasteiger charge is 2.47. The number of unbranched alkanes of at least 4 members (excludes halogenated alkanes) is 6. The van der Waals surface area contributed by atoms with Crippen LogP contribution in [-0.4, -0.2) is 23.6 Å². The molecule has 0 N–H and O–H groups in total. The molecule has 0 aliphatic heterocycles. The largest absolute Gasteiger partial charge is 0.372 e. The molecule has 0 saturated carbocycles. The molecule has 0 amide bonds. The molecule has 3 rings (SSSR count). The molecule has 2 atom stereocenters. The molecule has 0 radical (unpaired) electrons. The summed E-state index contributed by atoms with van der Waals surface area (Å²) in [5, 5.41) is 22.2. The predicted molar refractivity (Wildman–Crippen MR) is 168 cm³/mol. The second-order valence-electron chi connectivity index (χ2n) is 10.5. The fourth-order valence-corrected chi connectivity index (χ4v) is 4.97. The second kappa shape index (κ2) is 16.3. The Hall–Kier alpha value is -3.91. The summed E-state index contributed by atoms with van der Waals surface area (Å²) in [6, 6.07) is 20.3. The summed E-state index contributed by atoms with van der Waals surface area (Å²) in [5.41, 5.74) is 2.27. The molecular formula is C35H43N3O2. The number of allylic oxidation sites excluding steroid dienone is 3. The predicted octanol–water partition coefficient (Wildman–Crippen LogP) is 9.03. The summed E-state index contributed by atoms with van der Waals surface area (Å²) < 4.78 is 0. The van der Waals surface area contributed by atoms with E-state index in [-0.39, 0.29) is 4.92 Å². The molecule has 0 fully saturated rings. The van der Waals surface area contributed by atoms with Gasteiger partial charge in [-0.25, -0.2) is 0 Å². The zero-order chi connectivity index (χ0) is 28.6. The lowest BCUT2D eigenvalue weighted by Gasteiger charge is -2.25. The van der Waals surface area contributed by atoms with Crippen molar-refractivity contribution in [2.24, 2.45) is 5.92 Å². The van der Waals surface area contributed by atoms with Gasteiger partial charge in [0.2, 0.25) is 0 Å². The van der Waals surface area contributed by atoms with E-state index in [1.54, 1.807) is 30.4 Å². The maximum absolute atomic E-state index is 12.3. The van der Waals surface area contributed by atoms with Crippen molar-refractivity contribution in [1.29, 1.82) is 5.26 Å². The maximum atomic E-state index is 12.3. The van der Waals surface area contributed by atoms with Crippen molar-refractivity contribution in [2.45, 2.75) is 70.8 Å². The van der Waals surface area contributed by atoms with Crippen LogP contribution in [0.5, 0.6) is 0 Å². The smallest absolute Gasteiger partial charge is 0.278 e. The van der Waals surface area contributed by atoms with Crippen molar-refractivity contribution < 1.29 is 4.92 Å². The number of benzene rings is 2. The molecule has 0 spiro atoms. The highest BCUT2D eigenvalue weighted by atomic mass is 16.6.